The van der Waals surface area contributed by atoms with E-state index in [1.54, 1.807) is 23.9 Å². The van der Waals surface area contributed by atoms with Gasteiger partial charge < -0.3 is 4.74 Å². The summed E-state index contributed by atoms with van der Waals surface area (Å²) in [5, 5.41) is 9.12. The van der Waals surface area contributed by atoms with Crippen LogP contribution in [0.15, 0.2) is 69.3 Å². The molecule has 0 bridgehead atoms. The summed E-state index contributed by atoms with van der Waals surface area (Å²) in [7, 11) is -4.01. The maximum atomic E-state index is 13.3. The Morgan fingerprint density at radius 2 is 1.85 bits per heavy atom. The van der Waals surface area contributed by atoms with Crippen molar-refractivity contribution in [2.75, 3.05) is 13.2 Å². The molecule has 1 aliphatic heterocycles. The first-order chi connectivity index (χ1) is 13.0. The van der Waals surface area contributed by atoms with Gasteiger partial charge in [-0.1, -0.05) is 42.1 Å². The number of benzene rings is 1. The van der Waals surface area contributed by atoms with Crippen LogP contribution in [0.3, 0.4) is 0 Å². The summed E-state index contributed by atoms with van der Waals surface area (Å²) in [5.74, 6) is -0.910. The van der Waals surface area contributed by atoms with E-state index < -0.39 is 20.5 Å². The van der Waals surface area contributed by atoms with Gasteiger partial charge in [0.15, 0.2) is 14.6 Å². The summed E-state index contributed by atoms with van der Waals surface area (Å²) >= 11 is 1.57. The number of amides is 1. The number of sulfone groups is 1. The summed E-state index contributed by atoms with van der Waals surface area (Å²) in [6, 6.07) is 9.82. The van der Waals surface area contributed by atoms with E-state index in [9.17, 15) is 13.2 Å². The smallest absolute Gasteiger partial charge is 0.265 e. The average Bonchev–Trinajstić information content (AvgIpc) is 2.94. The first-order valence-electron chi connectivity index (χ1n) is 8.57. The molecule has 2 N–H and O–H groups in total. The molecule has 0 spiro atoms. The predicted molar refractivity (Wildman–Crippen MR) is 104 cm³/mol. The van der Waals surface area contributed by atoms with Crippen LogP contribution in [-0.4, -0.2) is 37.5 Å². The lowest BCUT2D eigenvalue weighted by Crippen LogP contribution is -2.55. The van der Waals surface area contributed by atoms with E-state index in [0.29, 0.717) is 6.42 Å². The first kappa shape index (κ1) is 19.9. The van der Waals surface area contributed by atoms with Crippen molar-refractivity contribution >= 4 is 27.5 Å². The molecule has 3 rings (SSSR count). The second-order valence-electron chi connectivity index (χ2n) is 6.27. The van der Waals surface area contributed by atoms with Gasteiger partial charge in [0.1, 0.15) is 0 Å². The third-order valence-electron chi connectivity index (χ3n) is 4.67. The van der Waals surface area contributed by atoms with E-state index in [1.165, 1.54) is 17.6 Å². The highest BCUT2D eigenvalue weighted by Gasteiger charge is 2.52. The molecule has 6 nitrogen and oxygen atoms in total. The van der Waals surface area contributed by atoms with Gasteiger partial charge in [0.05, 0.1) is 4.91 Å². The van der Waals surface area contributed by atoms with Crippen molar-refractivity contribution in [2.45, 2.75) is 28.9 Å². The van der Waals surface area contributed by atoms with Crippen LogP contribution >= 0.6 is 11.8 Å². The van der Waals surface area contributed by atoms with Crippen LogP contribution in [0.4, 0.5) is 0 Å². The zero-order valence-electron chi connectivity index (χ0n) is 14.6. The Morgan fingerprint density at radius 1 is 1.15 bits per heavy atom. The quantitative estimate of drug-likeness (QED) is 0.576. The summed E-state index contributed by atoms with van der Waals surface area (Å²) in [6.45, 7) is 0.295. The van der Waals surface area contributed by atoms with Crippen LogP contribution in [0.5, 0.6) is 0 Å². The Kier molecular flexibility index (Phi) is 6.21. The number of rotatable bonds is 5. The molecule has 1 aromatic carbocycles. The predicted octanol–water partition coefficient (Wildman–Crippen LogP) is 2.98. The molecule has 0 atom stereocenters. The standard InChI is InChI=1S/C19H21NO5S2/c21-18(20-22)19(11-13-25-14-12-19)27(23,24)17-8-4-7-16(9-10-17)26-15-5-2-1-3-6-15/h1-6,8-10,22H,7,11-14H2,(H,20,21). The van der Waals surface area contributed by atoms with Gasteiger partial charge in [-0.3, -0.25) is 10.0 Å². The van der Waals surface area contributed by atoms with E-state index >= 15 is 0 Å². The minimum Gasteiger partial charge on any atom is -0.381 e. The summed E-state index contributed by atoms with van der Waals surface area (Å²) in [5.41, 5.74) is 1.53. The highest BCUT2D eigenvalue weighted by Crippen LogP contribution is 2.37. The number of ether oxygens (including phenoxy) is 1. The van der Waals surface area contributed by atoms with Gasteiger partial charge in [-0.05, 0) is 48.5 Å². The first-order valence-corrected chi connectivity index (χ1v) is 10.9. The molecule has 144 valence electrons. The van der Waals surface area contributed by atoms with Crippen molar-refractivity contribution in [3.05, 3.63) is 64.4 Å². The van der Waals surface area contributed by atoms with E-state index in [0.717, 1.165) is 9.80 Å². The van der Waals surface area contributed by atoms with Crippen molar-refractivity contribution in [1.29, 1.82) is 0 Å². The molecule has 1 amide bonds. The van der Waals surface area contributed by atoms with Crippen molar-refractivity contribution in [3.63, 3.8) is 0 Å². The highest BCUT2D eigenvalue weighted by molar-refractivity contribution is 8.03. The second kappa shape index (κ2) is 8.43. The summed E-state index contributed by atoms with van der Waals surface area (Å²) in [4.78, 5) is 14.4. The van der Waals surface area contributed by atoms with Gasteiger partial charge in [-0.15, -0.1) is 0 Å². The van der Waals surface area contributed by atoms with Crippen LogP contribution in [-0.2, 0) is 19.4 Å². The Hall–Kier alpha value is -1.87. The number of carbonyl (C=O) groups excluding carboxylic acids is 1. The molecule has 0 aromatic heterocycles. The topological polar surface area (TPSA) is 92.7 Å². The molecule has 1 heterocycles. The van der Waals surface area contributed by atoms with E-state index in [-0.39, 0.29) is 31.0 Å². The van der Waals surface area contributed by atoms with Crippen molar-refractivity contribution in [2.24, 2.45) is 0 Å². The monoisotopic (exact) mass is 407 g/mol. The van der Waals surface area contributed by atoms with E-state index in [2.05, 4.69) is 0 Å². The molecular weight excluding hydrogens is 386 g/mol. The molecule has 0 saturated carbocycles. The molecule has 27 heavy (non-hydrogen) atoms. The molecular formula is C19H21NO5S2. The van der Waals surface area contributed by atoms with Crippen molar-refractivity contribution in [1.82, 2.24) is 5.48 Å². The fourth-order valence-corrected chi connectivity index (χ4v) is 6.01. The Bertz CT molecular complexity index is 882. The molecule has 0 unspecified atom stereocenters. The third kappa shape index (κ3) is 4.03. The van der Waals surface area contributed by atoms with Gasteiger partial charge in [-0.2, -0.15) is 0 Å². The van der Waals surface area contributed by atoms with Crippen LogP contribution in [0, 0.1) is 0 Å². The van der Waals surface area contributed by atoms with Crippen LogP contribution in [0.25, 0.3) is 0 Å². The zero-order valence-corrected chi connectivity index (χ0v) is 16.3. The number of nitrogens with one attached hydrogen (secondary N) is 1. The molecule has 2 aliphatic rings. The SMILES string of the molecule is O=C(NO)C1(S(=O)(=O)C2=CC=C(Sc3ccccc3)CC=C2)CCOCC1. The lowest BCUT2D eigenvalue weighted by atomic mass is 9.98. The van der Waals surface area contributed by atoms with Gasteiger partial charge in [0.25, 0.3) is 5.91 Å². The summed E-state index contributed by atoms with van der Waals surface area (Å²) < 4.78 is 30.1. The lowest BCUT2D eigenvalue weighted by Gasteiger charge is -2.34. The number of carbonyl (C=O) groups is 1. The van der Waals surface area contributed by atoms with Gasteiger partial charge >= 0.3 is 0 Å². The molecule has 1 aromatic rings. The Labute approximate surface area is 162 Å². The molecule has 1 saturated heterocycles. The van der Waals surface area contributed by atoms with Gasteiger partial charge in [0, 0.05) is 18.1 Å². The Balaban J connectivity index is 1.92. The highest BCUT2D eigenvalue weighted by atomic mass is 32.2. The fraction of sp³-hybridized carbons (Fsp3) is 0.316. The number of thioether (sulfide) groups is 1. The van der Waals surface area contributed by atoms with Gasteiger partial charge in [0.2, 0.25) is 0 Å². The number of allylic oxidation sites excluding steroid dienone is 5. The largest absolute Gasteiger partial charge is 0.381 e. The normalized spacial score (nSPS) is 19.6. The van der Waals surface area contributed by atoms with E-state index in [4.69, 9.17) is 9.94 Å². The van der Waals surface area contributed by atoms with Crippen LogP contribution in [0.2, 0.25) is 0 Å². The molecule has 1 fully saturated rings. The maximum absolute atomic E-state index is 13.3. The van der Waals surface area contributed by atoms with Crippen LogP contribution in [0.1, 0.15) is 19.3 Å². The zero-order chi connectivity index (χ0) is 19.3. The minimum absolute atomic E-state index is 0.00223. The minimum atomic E-state index is -4.01. The average molecular weight is 408 g/mol. The Morgan fingerprint density at radius 3 is 2.52 bits per heavy atom. The second-order valence-corrected chi connectivity index (χ2v) is 9.73. The third-order valence-corrected chi connectivity index (χ3v) is 8.26. The summed E-state index contributed by atoms with van der Waals surface area (Å²) in [6.07, 6.45) is 7.22. The van der Waals surface area contributed by atoms with Gasteiger partial charge in [-0.25, -0.2) is 13.9 Å². The number of hydroxylamine groups is 1. The van der Waals surface area contributed by atoms with E-state index in [1.807, 2.05) is 30.3 Å². The fourth-order valence-electron chi connectivity index (χ4n) is 3.13. The lowest BCUT2D eigenvalue weighted by molar-refractivity contribution is -0.134. The molecule has 1 aliphatic carbocycles. The maximum Gasteiger partial charge on any atom is 0.265 e. The van der Waals surface area contributed by atoms with Crippen molar-refractivity contribution < 1.29 is 23.2 Å². The molecule has 0 radical (unpaired) electrons. The number of hydrogen-bond acceptors (Lipinski definition) is 6. The van der Waals surface area contributed by atoms with Crippen LogP contribution < -0.4 is 5.48 Å². The number of hydrogen-bond donors (Lipinski definition) is 2. The van der Waals surface area contributed by atoms with Crippen molar-refractivity contribution in [3.8, 4) is 0 Å². The molecule has 8 heteroatoms.